The fraction of sp³-hybridized carbons (Fsp3) is 0.182. The Labute approximate surface area is 197 Å². The van der Waals surface area contributed by atoms with Crippen molar-refractivity contribution in [3.05, 3.63) is 58.1 Å². The Hall–Kier alpha value is -3.63. The Kier molecular flexibility index (Phi) is 5.96. The van der Waals surface area contributed by atoms with Crippen LogP contribution in [0, 0.1) is 0 Å². The van der Waals surface area contributed by atoms with Crippen LogP contribution in [0.1, 0.15) is 16.5 Å². The summed E-state index contributed by atoms with van der Waals surface area (Å²) in [6.07, 6.45) is 0. The third-order valence-electron chi connectivity index (χ3n) is 5.10. The molecule has 11 heteroatoms. The molecule has 2 aromatic carbocycles. The number of hydrogen-bond donors (Lipinski definition) is 1. The van der Waals surface area contributed by atoms with Gasteiger partial charge in [-0.3, -0.25) is 14.5 Å². The lowest BCUT2D eigenvalue weighted by Crippen LogP contribution is -2.45. The highest BCUT2D eigenvalue weighted by Crippen LogP contribution is 2.40. The van der Waals surface area contributed by atoms with E-state index >= 15 is 0 Å². The van der Waals surface area contributed by atoms with Crippen molar-refractivity contribution in [2.75, 3.05) is 18.5 Å². The Bertz CT molecular complexity index is 1300. The van der Waals surface area contributed by atoms with Gasteiger partial charge in [-0.25, -0.2) is 14.4 Å². The van der Waals surface area contributed by atoms with Crippen molar-refractivity contribution in [1.29, 1.82) is 0 Å². The van der Waals surface area contributed by atoms with E-state index < -0.39 is 36.3 Å². The fourth-order valence-corrected chi connectivity index (χ4v) is 4.81. The summed E-state index contributed by atoms with van der Waals surface area (Å²) in [6.45, 7) is 2.77. The number of carboxylic acids is 1. The Morgan fingerprint density at radius 2 is 2.00 bits per heavy atom. The molecule has 0 bridgehead atoms. The first-order valence-corrected chi connectivity index (χ1v) is 10.9. The van der Waals surface area contributed by atoms with Crippen LogP contribution in [0.25, 0.3) is 10.2 Å². The summed E-state index contributed by atoms with van der Waals surface area (Å²) in [5.74, 6) is -4.21. The van der Waals surface area contributed by atoms with Crippen molar-refractivity contribution in [1.82, 2.24) is 9.88 Å². The number of aromatic nitrogens is 1. The monoisotopic (exact) mass is 485 g/mol. The molecule has 2 heterocycles. The number of carbonyl (C=O) groups excluding carboxylic acids is 3. The summed E-state index contributed by atoms with van der Waals surface area (Å²) < 4.78 is 1.87. The van der Waals surface area contributed by atoms with Gasteiger partial charge in [0.1, 0.15) is 18.1 Å². The SMILES string of the molecule is C=[N+](C)C(=O)N(Cc1nc2ccccc2s1)C(=O)C1C(=O)N(CC(=O)O)c2ccc(Cl)cc21. The highest BCUT2D eigenvalue weighted by atomic mass is 35.5. The quantitative estimate of drug-likeness (QED) is 0.338. The summed E-state index contributed by atoms with van der Waals surface area (Å²) in [5, 5.41) is 10.0. The van der Waals surface area contributed by atoms with E-state index in [1.54, 1.807) is 0 Å². The second-order valence-corrected chi connectivity index (χ2v) is 8.99. The van der Waals surface area contributed by atoms with E-state index in [2.05, 4.69) is 11.7 Å². The largest absolute Gasteiger partial charge is 0.500 e. The van der Waals surface area contributed by atoms with Crippen LogP contribution in [0.3, 0.4) is 0 Å². The van der Waals surface area contributed by atoms with Gasteiger partial charge in [-0.15, -0.1) is 11.3 Å². The maximum absolute atomic E-state index is 13.6. The second kappa shape index (κ2) is 8.72. The van der Waals surface area contributed by atoms with Crippen LogP contribution in [-0.4, -0.2) is 63.7 Å². The van der Waals surface area contributed by atoms with E-state index in [0.29, 0.717) is 5.01 Å². The second-order valence-electron chi connectivity index (χ2n) is 7.43. The van der Waals surface area contributed by atoms with Crippen molar-refractivity contribution >= 4 is 69.4 Å². The molecule has 9 nitrogen and oxygen atoms in total. The molecule has 33 heavy (non-hydrogen) atoms. The number of thiazole rings is 1. The van der Waals surface area contributed by atoms with Crippen molar-refractivity contribution in [3.63, 3.8) is 0 Å². The van der Waals surface area contributed by atoms with Crippen LogP contribution in [-0.2, 0) is 20.9 Å². The zero-order chi connectivity index (χ0) is 23.9. The molecule has 4 rings (SSSR count). The molecule has 1 aliphatic heterocycles. The molecule has 1 aliphatic rings. The molecule has 0 spiro atoms. The first-order chi connectivity index (χ1) is 15.7. The van der Waals surface area contributed by atoms with Crippen LogP contribution in [0.15, 0.2) is 42.5 Å². The average Bonchev–Trinajstić information content (AvgIpc) is 3.28. The number of para-hydroxylation sites is 1. The molecule has 0 aliphatic carbocycles. The smallest absolute Gasteiger partial charge is 0.480 e. The zero-order valence-corrected chi connectivity index (χ0v) is 19.0. The number of rotatable bonds is 5. The Balaban J connectivity index is 1.74. The molecule has 1 unspecified atom stereocenters. The number of hydrogen-bond acceptors (Lipinski definition) is 6. The molecule has 168 valence electrons. The van der Waals surface area contributed by atoms with Gasteiger partial charge in [-0.2, -0.15) is 9.69 Å². The molecule has 0 radical (unpaired) electrons. The maximum atomic E-state index is 13.6. The van der Waals surface area contributed by atoms with Gasteiger partial charge in [0, 0.05) is 16.3 Å². The van der Waals surface area contributed by atoms with Crippen molar-refractivity contribution in [2.24, 2.45) is 0 Å². The lowest BCUT2D eigenvalue weighted by molar-refractivity contribution is -0.392. The number of urea groups is 1. The van der Waals surface area contributed by atoms with E-state index in [1.165, 1.54) is 36.6 Å². The summed E-state index contributed by atoms with van der Waals surface area (Å²) in [4.78, 5) is 57.4. The third-order valence-corrected chi connectivity index (χ3v) is 6.36. The van der Waals surface area contributed by atoms with Crippen LogP contribution < -0.4 is 4.90 Å². The molecule has 1 aromatic heterocycles. The van der Waals surface area contributed by atoms with Crippen LogP contribution >= 0.6 is 22.9 Å². The van der Waals surface area contributed by atoms with Gasteiger partial charge in [-0.05, 0) is 30.3 Å². The molecule has 0 saturated heterocycles. The number of anilines is 1. The number of carboxylic acid groups (broad SMARTS) is 1. The lowest BCUT2D eigenvalue weighted by Gasteiger charge is -2.17. The standard InChI is InChI=1S/C22H17ClN4O5S/c1-25(2)22(32)27(10-17-24-14-5-3-4-6-16(14)33-17)21(31)19-13-9-12(23)7-8-15(13)26(20(19)30)11-18(28)29/h3-9,19H,1,10-11H2,2H3/p+1. The van der Waals surface area contributed by atoms with Gasteiger partial charge < -0.3 is 5.11 Å². The fourth-order valence-electron chi connectivity index (χ4n) is 3.67. The summed E-state index contributed by atoms with van der Waals surface area (Å²) in [5.41, 5.74) is 1.23. The predicted octanol–water partition coefficient (Wildman–Crippen LogP) is 2.96. The predicted molar refractivity (Wildman–Crippen MR) is 123 cm³/mol. The summed E-state index contributed by atoms with van der Waals surface area (Å²) in [6, 6.07) is 11.1. The number of halogens is 1. The van der Waals surface area contributed by atoms with Gasteiger partial charge in [0.2, 0.25) is 5.91 Å². The van der Waals surface area contributed by atoms with Crippen LogP contribution in [0.4, 0.5) is 10.5 Å². The molecular weight excluding hydrogens is 468 g/mol. The van der Waals surface area contributed by atoms with Crippen LogP contribution in [0.5, 0.6) is 0 Å². The van der Waals surface area contributed by atoms with E-state index in [4.69, 9.17) is 11.6 Å². The first-order valence-electron chi connectivity index (χ1n) is 9.74. The number of amides is 4. The summed E-state index contributed by atoms with van der Waals surface area (Å²) in [7, 11) is 1.39. The number of nitrogens with zero attached hydrogens (tertiary/aromatic N) is 4. The minimum absolute atomic E-state index is 0.171. The molecular formula is C22H18ClN4O5S+. The van der Waals surface area contributed by atoms with Gasteiger partial charge in [-0.1, -0.05) is 23.7 Å². The van der Waals surface area contributed by atoms with E-state index in [-0.39, 0.29) is 22.8 Å². The molecule has 0 saturated carbocycles. The minimum atomic E-state index is -1.42. The van der Waals surface area contributed by atoms with E-state index in [1.807, 2.05) is 24.3 Å². The number of fused-ring (bicyclic) bond motifs is 2. The Morgan fingerprint density at radius 3 is 2.67 bits per heavy atom. The summed E-state index contributed by atoms with van der Waals surface area (Å²) >= 11 is 7.42. The maximum Gasteiger partial charge on any atom is 0.500 e. The third kappa shape index (κ3) is 4.22. The first kappa shape index (κ1) is 22.6. The van der Waals surface area contributed by atoms with Crippen molar-refractivity contribution < 1.29 is 28.9 Å². The van der Waals surface area contributed by atoms with E-state index in [0.717, 1.165) is 24.6 Å². The molecule has 1 atom stereocenters. The van der Waals surface area contributed by atoms with Crippen molar-refractivity contribution in [3.8, 4) is 0 Å². The van der Waals surface area contributed by atoms with Gasteiger partial charge in [0.15, 0.2) is 5.92 Å². The number of aliphatic carboxylic acids is 1. The number of imide groups is 1. The molecule has 0 fully saturated rings. The highest BCUT2D eigenvalue weighted by Gasteiger charge is 2.49. The number of carbonyl (C=O) groups is 4. The van der Waals surface area contributed by atoms with Crippen molar-refractivity contribution in [2.45, 2.75) is 12.5 Å². The topological polar surface area (TPSA) is 111 Å². The van der Waals surface area contributed by atoms with Gasteiger partial charge >= 0.3 is 17.9 Å². The van der Waals surface area contributed by atoms with Gasteiger partial charge in [0.05, 0.1) is 24.0 Å². The normalized spacial score (nSPS) is 14.9. The zero-order valence-electron chi connectivity index (χ0n) is 17.4. The number of benzene rings is 2. The minimum Gasteiger partial charge on any atom is -0.480 e. The highest BCUT2D eigenvalue weighted by molar-refractivity contribution is 7.18. The average molecular weight is 486 g/mol. The molecule has 4 amide bonds. The van der Waals surface area contributed by atoms with E-state index in [9.17, 15) is 24.3 Å². The van der Waals surface area contributed by atoms with Crippen LogP contribution in [0.2, 0.25) is 5.02 Å². The Morgan fingerprint density at radius 1 is 1.27 bits per heavy atom. The lowest BCUT2D eigenvalue weighted by atomic mass is 9.99. The molecule has 1 N–H and O–H groups in total. The van der Waals surface area contributed by atoms with Gasteiger partial charge in [0.25, 0.3) is 0 Å². The molecule has 3 aromatic rings.